The number of carbonyl (C=O) groups is 2. The van der Waals surface area contributed by atoms with Crippen LogP contribution >= 0.6 is 0 Å². The summed E-state index contributed by atoms with van der Waals surface area (Å²) in [6.45, 7) is 0. The van der Waals surface area contributed by atoms with Crippen LogP contribution in [0.2, 0.25) is 0 Å². The van der Waals surface area contributed by atoms with Gasteiger partial charge in [0.2, 0.25) is 0 Å². The van der Waals surface area contributed by atoms with Gasteiger partial charge >= 0.3 is 63.3 Å². The van der Waals surface area contributed by atoms with Crippen LogP contribution in [0.5, 0.6) is 0 Å². The molecule has 0 bridgehead atoms. The summed E-state index contributed by atoms with van der Waals surface area (Å²) in [5, 5.41) is 17.0. The fraction of sp³-hybridized carbons (Fsp3) is 0.875. The predicted octanol–water partition coefficient (Wildman–Crippen LogP) is 1.73. The van der Waals surface area contributed by atoms with Gasteiger partial charge in [-0.25, -0.2) is 0 Å². The van der Waals surface area contributed by atoms with Gasteiger partial charge in [0.15, 0.2) is 0 Å². The van der Waals surface area contributed by atoms with Gasteiger partial charge in [-0.2, -0.15) is 0 Å². The van der Waals surface area contributed by atoms with Crippen LogP contribution in [-0.2, 0) is 9.59 Å². The van der Waals surface area contributed by atoms with Crippen LogP contribution in [0.1, 0.15) is 91.3 Å². The average molecular weight is 327 g/mol. The number of aliphatic carboxylic acids is 2. The molecule has 0 aliphatic carbocycles. The van der Waals surface area contributed by atoms with Gasteiger partial charge in [-0.3, -0.25) is 9.59 Å². The number of unbranched alkanes of at least 4 members (excludes halogenated alkanes) is 11. The molecule has 0 saturated heterocycles. The molecule has 0 atom stereocenters. The molecular formula is C16H31KO4. The van der Waals surface area contributed by atoms with E-state index in [0.29, 0.717) is 12.8 Å². The van der Waals surface area contributed by atoms with Crippen molar-refractivity contribution in [3.63, 3.8) is 0 Å². The molecule has 0 saturated carbocycles. The monoisotopic (exact) mass is 326 g/mol. The number of hydrogen-bond acceptors (Lipinski definition) is 2. The molecule has 0 radical (unpaired) electrons. The van der Waals surface area contributed by atoms with Crippen molar-refractivity contribution in [2.75, 3.05) is 0 Å². The summed E-state index contributed by atoms with van der Waals surface area (Å²) in [7, 11) is 0. The first-order valence-electron chi connectivity index (χ1n) is 8.06. The number of hydrogen-bond donors (Lipinski definition) is 2. The Labute approximate surface area is 173 Å². The van der Waals surface area contributed by atoms with E-state index in [1.165, 1.54) is 38.5 Å². The van der Waals surface area contributed by atoms with Gasteiger partial charge in [0.05, 0.1) is 0 Å². The fourth-order valence-electron chi connectivity index (χ4n) is 2.32. The zero-order valence-corrected chi connectivity index (χ0v) is 16.7. The molecule has 0 aromatic rings. The Morgan fingerprint density at radius 1 is 0.524 bits per heavy atom. The van der Waals surface area contributed by atoms with E-state index in [1.807, 2.05) is 0 Å². The van der Waals surface area contributed by atoms with E-state index in [0.717, 1.165) is 38.5 Å². The minimum absolute atomic E-state index is 0. The van der Waals surface area contributed by atoms with E-state index in [-0.39, 0.29) is 52.8 Å². The number of carboxylic acids is 2. The van der Waals surface area contributed by atoms with Crippen molar-refractivity contribution < 1.29 is 72.6 Å². The van der Waals surface area contributed by atoms with E-state index >= 15 is 0 Å². The Balaban J connectivity index is -0.00000180. The maximum absolute atomic E-state index is 10.3. The van der Waals surface area contributed by atoms with Crippen molar-refractivity contribution in [3.8, 4) is 0 Å². The third kappa shape index (κ3) is 23.0. The Kier molecular flexibility index (Phi) is 21.1. The summed E-state index contributed by atoms with van der Waals surface area (Å²) in [5.41, 5.74) is 0. The van der Waals surface area contributed by atoms with E-state index in [4.69, 9.17) is 10.2 Å². The van der Waals surface area contributed by atoms with Crippen LogP contribution in [-0.4, -0.2) is 22.2 Å². The molecule has 2 N–H and O–H groups in total. The molecule has 0 aliphatic rings. The smallest absolute Gasteiger partial charge is 1.00 e. The molecule has 0 aliphatic heterocycles. The maximum Gasteiger partial charge on any atom is 1.00 e. The molecular weight excluding hydrogens is 295 g/mol. The largest absolute Gasteiger partial charge is 1.00 e. The zero-order chi connectivity index (χ0) is 15.1. The van der Waals surface area contributed by atoms with Crippen LogP contribution in [0.4, 0.5) is 0 Å². The minimum Gasteiger partial charge on any atom is -1.00 e. The third-order valence-corrected chi connectivity index (χ3v) is 3.53. The van der Waals surface area contributed by atoms with E-state index in [2.05, 4.69) is 0 Å². The molecule has 5 heteroatoms. The summed E-state index contributed by atoms with van der Waals surface area (Å²) in [6.07, 6.45) is 14.1. The molecule has 120 valence electrons. The average Bonchev–Trinajstić information content (AvgIpc) is 2.38. The summed E-state index contributed by atoms with van der Waals surface area (Å²) in [5.74, 6) is -1.37. The van der Waals surface area contributed by atoms with Gasteiger partial charge in [-0.15, -0.1) is 0 Å². The molecule has 4 nitrogen and oxygen atoms in total. The SMILES string of the molecule is O=C(O)CCCCCCCCCCCCCCC(=O)O.[H-].[K+]. The Bertz CT molecular complexity index is 237. The van der Waals surface area contributed by atoms with Gasteiger partial charge in [-0.05, 0) is 12.8 Å². The first-order valence-corrected chi connectivity index (χ1v) is 8.06. The van der Waals surface area contributed by atoms with Gasteiger partial charge in [0, 0.05) is 12.8 Å². The second-order valence-corrected chi connectivity index (χ2v) is 5.53. The second kappa shape index (κ2) is 18.6. The molecule has 0 unspecified atom stereocenters. The normalized spacial score (nSPS) is 10.1. The molecule has 0 rings (SSSR count). The van der Waals surface area contributed by atoms with Crippen molar-refractivity contribution in [2.45, 2.75) is 89.9 Å². The molecule has 0 amide bonds. The van der Waals surface area contributed by atoms with Gasteiger partial charge in [0.1, 0.15) is 0 Å². The third-order valence-electron chi connectivity index (χ3n) is 3.53. The van der Waals surface area contributed by atoms with Crippen molar-refractivity contribution >= 4 is 11.9 Å². The standard InChI is InChI=1S/C16H30O4.K.H/c17-15(18)13-11-9-7-5-3-1-2-4-6-8-10-12-14-16(19)20;;/h1-14H2,(H,17,18)(H,19,20);;/q;+1;-1. The van der Waals surface area contributed by atoms with Crippen molar-refractivity contribution in [1.29, 1.82) is 0 Å². The molecule has 0 aromatic heterocycles. The van der Waals surface area contributed by atoms with Gasteiger partial charge < -0.3 is 11.6 Å². The fourth-order valence-corrected chi connectivity index (χ4v) is 2.32. The number of carboxylic acid groups (broad SMARTS) is 2. The molecule has 0 aromatic carbocycles. The quantitative estimate of drug-likeness (QED) is 0.355. The summed E-state index contributed by atoms with van der Waals surface area (Å²) in [4.78, 5) is 20.6. The van der Waals surface area contributed by atoms with Crippen LogP contribution in [0.25, 0.3) is 0 Å². The van der Waals surface area contributed by atoms with Gasteiger partial charge in [0.25, 0.3) is 0 Å². The first kappa shape index (κ1) is 23.8. The summed E-state index contributed by atoms with van der Waals surface area (Å²) >= 11 is 0. The van der Waals surface area contributed by atoms with Crippen LogP contribution in [0.3, 0.4) is 0 Å². The van der Waals surface area contributed by atoms with Gasteiger partial charge in [-0.1, -0.05) is 64.2 Å². The minimum atomic E-state index is -0.687. The Morgan fingerprint density at radius 3 is 0.905 bits per heavy atom. The predicted molar refractivity (Wildman–Crippen MR) is 81.0 cm³/mol. The zero-order valence-electron chi connectivity index (χ0n) is 14.6. The molecule has 0 fully saturated rings. The van der Waals surface area contributed by atoms with Crippen LogP contribution < -0.4 is 51.4 Å². The maximum atomic E-state index is 10.3. The molecule has 0 heterocycles. The van der Waals surface area contributed by atoms with Crippen molar-refractivity contribution in [3.05, 3.63) is 0 Å². The summed E-state index contributed by atoms with van der Waals surface area (Å²) < 4.78 is 0. The Hall–Kier alpha value is 0.576. The Morgan fingerprint density at radius 2 is 0.714 bits per heavy atom. The summed E-state index contributed by atoms with van der Waals surface area (Å²) in [6, 6.07) is 0. The van der Waals surface area contributed by atoms with Crippen molar-refractivity contribution in [2.24, 2.45) is 0 Å². The van der Waals surface area contributed by atoms with E-state index < -0.39 is 11.9 Å². The number of rotatable bonds is 15. The van der Waals surface area contributed by atoms with Crippen LogP contribution in [0.15, 0.2) is 0 Å². The molecule has 0 spiro atoms. The molecule has 21 heavy (non-hydrogen) atoms. The second-order valence-electron chi connectivity index (χ2n) is 5.53. The topological polar surface area (TPSA) is 74.6 Å². The van der Waals surface area contributed by atoms with E-state index in [1.54, 1.807) is 0 Å². The van der Waals surface area contributed by atoms with E-state index in [9.17, 15) is 9.59 Å². The first-order chi connectivity index (χ1) is 9.63. The van der Waals surface area contributed by atoms with Crippen molar-refractivity contribution in [1.82, 2.24) is 0 Å². The van der Waals surface area contributed by atoms with Crippen LogP contribution in [0, 0.1) is 0 Å².